The Hall–Kier alpha value is -2.47. The van der Waals surface area contributed by atoms with E-state index in [2.05, 4.69) is 27.4 Å². The maximum atomic E-state index is 12.5. The summed E-state index contributed by atoms with van der Waals surface area (Å²) >= 11 is 0. The molecule has 0 saturated carbocycles. The van der Waals surface area contributed by atoms with Gasteiger partial charge in [0.15, 0.2) is 0 Å². The first-order valence-electron chi connectivity index (χ1n) is 8.18. The first-order valence-corrected chi connectivity index (χ1v) is 8.18. The van der Waals surface area contributed by atoms with E-state index in [1.54, 1.807) is 24.3 Å². The molecule has 1 saturated heterocycles. The van der Waals surface area contributed by atoms with Crippen LogP contribution in [0.5, 0.6) is 0 Å². The lowest BCUT2D eigenvalue weighted by atomic mass is 9.88. The molecule has 2 aromatic rings. The Kier molecular flexibility index (Phi) is 5.05. The van der Waals surface area contributed by atoms with Crippen LogP contribution in [0.2, 0.25) is 0 Å². The minimum atomic E-state index is -0.528. The summed E-state index contributed by atoms with van der Waals surface area (Å²) in [7, 11) is 1.77. The fraction of sp³-hybridized carbons (Fsp3) is 0.389. The van der Waals surface area contributed by atoms with E-state index < -0.39 is 6.10 Å². The molecule has 1 fully saturated rings. The van der Waals surface area contributed by atoms with Crippen LogP contribution in [0, 0.1) is 5.92 Å². The fourth-order valence-electron chi connectivity index (χ4n) is 3.03. The molecular weight excluding hydrogens is 304 g/mol. The normalized spacial score (nSPS) is 20.7. The smallest absolute Gasteiger partial charge is 0.291 e. The van der Waals surface area contributed by atoms with E-state index >= 15 is 0 Å². The van der Waals surface area contributed by atoms with Gasteiger partial charge < -0.3 is 15.3 Å². The van der Waals surface area contributed by atoms with Gasteiger partial charge in [-0.25, -0.2) is 9.97 Å². The van der Waals surface area contributed by atoms with Crippen molar-refractivity contribution < 1.29 is 9.90 Å². The number of anilines is 1. The molecule has 6 nitrogen and oxygen atoms in total. The summed E-state index contributed by atoms with van der Waals surface area (Å²) in [6, 6.07) is 10.1. The highest BCUT2D eigenvalue weighted by molar-refractivity contribution is 5.90. The van der Waals surface area contributed by atoms with E-state index in [4.69, 9.17) is 0 Å². The van der Waals surface area contributed by atoms with Gasteiger partial charge in [0.25, 0.3) is 5.91 Å². The van der Waals surface area contributed by atoms with Crippen molar-refractivity contribution in [2.75, 3.05) is 25.5 Å². The number of hydrogen-bond donors (Lipinski definition) is 2. The Morgan fingerprint density at radius 1 is 1.29 bits per heavy atom. The SMILES string of the molecule is CNc1cnc(C(=O)N2CC[C@H](Cc3ccccc3)[C@H](O)C2)nc1. The van der Waals surface area contributed by atoms with Crippen LogP contribution in [0.4, 0.5) is 5.69 Å². The first-order chi connectivity index (χ1) is 11.7. The second-order valence-corrected chi connectivity index (χ2v) is 6.10. The molecule has 24 heavy (non-hydrogen) atoms. The van der Waals surface area contributed by atoms with Gasteiger partial charge >= 0.3 is 0 Å². The summed E-state index contributed by atoms with van der Waals surface area (Å²) < 4.78 is 0. The van der Waals surface area contributed by atoms with Gasteiger partial charge in [-0.05, 0) is 24.3 Å². The summed E-state index contributed by atoms with van der Waals surface area (Å²) in [5.74, 6) is 0.113. The van der Waals surface area contributed by atoms with E-state index in [0.717, 1.165) is 18.5 Å². The molecule has 6 heteroatoms. The van der Waals surface area contributed by atoms with Crippen LogP contribution < -0.4 is 5.32 Å². The van der Waals surface area contributed by atoms with Crippen molar-refractivity contribution in [3.63, 3.8) is 0 Å². The lowest BCUT2D eigenvalue weighted by Gasteiger charge is -2.35. The number of nitrogens with one attached hydrogen (secondary N) is 1. The number of aliphatic hydroxyl groups excluding tert-OH is 1. The van der Waals surface area contributed by atoms with Gasteiger partial charge in [-0.3, -0.25) is 4.79 Å². The van der Waals surface area contributed by atoms with Crippen LogP contribution >= 0.6 is 0 Å². The van der Waals surface area contributed by atoms with Crippen molar-refractivity contribution in [3.05, 3.63) is 54.1 Å². The van der Waals surface area contributed by atoms with Crippen LogP contribution in [-0.2, 0) is 6.42 Å². The van der Waals surface area contributed by atoms with Gasteiger partial charge in [0.2, 0.25) is 5.82 Å². The van der Waals surface area contributed by atoms with Crippen LogP contribution in [0.15, 0.2) is 42.7 Å². The quantitative estimate of drug-likeness (QED) is 0.892. The molecule has 1 aliphatic heterocycles. The molecule has 0 unspecified atom stereocenters. The molecule has 0 radical (unpaired) electrons. The van der Waals surface area contributed by atoms with Crippen LogP contribution in [-0.4, -0.2) is 52.1 Å². The second kappa shape index (κ2) is 7.40. The number of aliphatic hydroxyl groups is 1. The minimum Gasteiger partial charge on any atom is -0.391 e. The molecule has 1 amide bonds. The molecule has 1 aromatic heterocycles. The molecule has 126 valence electrons. The number of hydrogen-bond acceptors (Lipinski definition) is 5. The van der Waals surface area contributed by atoms with E-state index in [1.807, 2.05) is 18.2 Å². The van der Waals surface area contributed by atoms with Crippen molar-refractivity contribution in [2.45, 2.75) is 18.9 Å². The Bertz CT molecular complexity index is 675. The van der Waals surface area contributed by atoms with Gasteiger partial charge in [-0.15, -0.1) is 0 Å². The standard InChI is InChI=1S/C18H22N4O2/c1-19-15-10-20-17(21-11-15)18(24)22-8-7-14(16(23)12-22)9-13-5-3-2-4-6-13/h2-6,10-11,14,16,19,23H,7-9,12H2,1H3/t14-,16-/m1/s1. The Morgan fingerprint density at radius 2 is 2.00 bits per heavy atom. The Labute approximate surface area is 141 Å². The summed E-state index contributed by atoms with van der Waals surface area (Å²) in [6.07, 6.45) is 4.24. The lowest BCUT2D eigenvalue weighted by molar-refractivity contribution is 0.0191. The number of β-amino-alcohol motifs (C(OH)–C–C–N with tert-alkyl or cyclic N) is 1. The molecule has 2 heterocycles. The zero-order chi connectivity index (χ0) is 16.9. The average Bonchev–Trinajstić information content (AvgIpc) is 2.64. The summed E-state index contributed by atoms with van der Waals surface area (Å²) in [6.45, 7) is 0.942. The van der Waals surface area contributed by atoms with Crippen molar-refractivity contribution >= 4 is 11.6 Å². The minimum absolute atomic E-state index is 0.169. The maximum absolute atomic E-state index is 12.5. The Balaban J connectivity index is 1.61. The van der Waals surface area contributed by atoms with Crippen molar-refractivity contribution in [3.8, 4) is 0 Å². The molecule has 2 N–H and O–H groups in total. The zero-order valence-corrected chi connectivity index (χ0v) is 13.7. The van der Waals surface area contributed by atoms with E-state index in [-0.39, 0.29) is 17.6 Å². The number of nitrogens with zero attached hydrogens (tertiary/aromatic N) is 3. The summed E-state index contributed by atoms with van der Waals surface area (Å²) in [5, 5.41) is 13.4. The maximum Gasteiger partial charge on any atom is 0.291 e. The number of carbonyl (C=O) groups excluding carboxylic acids is 1. The topological polar surface area (TPSA) is 78.4 Å². The molecular formula is C18H22N4O2. The highest BCUT2D eigenvalue weighted by atomic mass is 16.3. The predicted molar refractivity (Wildman–Crippen MR) is 91.7 cm³/mol. The van der Waals surface area contributed by atoms with Crippen LogP contribution in [0.3, 0.4) is 0 Å². The predicted octanol–water partition coefficient (Wildman–Crippen LogP) is 1.58. The highest BCUT2D eigenvalue weighted by Crippen LogP contribution is 2.23. The summed E-state index contributed by atoms with van der Waals surface area (Å²) in [4.78, 5) is 22.3. The Morgan fingerprint density at radius 3 is 2.62 bits per heavy atom. The summed E-state index contributed by atoms with van der Waals surface area (Å²) in [5.41, 5.74) is 1.97. The van der Waals surface area contributed by atoms with Crippen LogP contribution in [0.1, 0.15) is 22.6 Å². The van der Waals surface area contributed by atoms with E-state index in [1.165, 1.54) is 5.56 Å². The molecule has 1 aliphatic rings. The number of benzene rings is 1. The fourth-order valence-corrected chi connectivity index (χ4v) is 3.03. The van der Waals surface area contributed by atoms with Gasteiger partial charge in [0.1, 0.15) is 0 Å². The van der Waals surface area contributed by atoms with E-state index in [0.29, 0.717) is 13.1 Å². The van der Waals surface area contributed by atoms with E-state index in [9.17, 15) is 9.90 Å². The average molecular weight is 326 g/mol. The van der Waals surface area contributed by atoms with Crippen LogP contribution in [0.25, 0.3) is 0 Å². The van der Waals surface area contributed by atoms with Gasteiger partial charge in [0, 0.05) is 20.1 Å². The third-order valence-corrected chi connectivity index (χ3v) is 4.48. The van der Waals surface area contributed by atoms with Crippen molar-refractivity contribution in [2.24, 2.45) is 5.92 Å². The third kappa shape index (κ3) is 3.71. The largest absolute Gasteiger partial charge is 0.391 e. The second-order valence-electron chi connectivity index (χ2n) is 6.10. The molecule has 3 rings (SSSR count). The molecule has 0 spiro atoms. The third-order valence-electron chi connectivity index (χ3n) is 4.48. The lowest BCUT2D eigenvalue weighted by Crippen LogP contribution is -2.47. The number of aromatic nitrogens is 2. The van der Waals surface area contributed by atoms with Crippen molar-refractivity contribution in [1.82, 2.24) is 14.9 Å². The molecule has 2 atom stereocenters. The number of piperidine rings is 1. The number of carbonyl (C=O) groups is 1. The number of amides is 1. The van der Waals surface area contributed by atoms with Gasteiger partial charge in [-0.1, -0.05) is 30.3 Å². The number of rotatable bonds is 4. The van der Waals surface area contributed by atoms with Crippen molar-refractivity contribution in [1.29, 1.82) is 0 Å². The first kappa shape index (κ1) is 16.4. The monoisotopic (exact) mass is 326 g/mol. The zero-order valence-electron chi connectivity index (χ0n) is 13.7. The molecule has 1 aromatic carbocycles. The molecule has 0 aliphatic carbocycles. The van der Waals surface area contributed by atoms with Gasteiger partial charge in [0.05, 0.1) is 24.2 Å². The van der Waals surface area contributed by atoms with Gasteiger partial charge in [-0.2, -0.15) is 0 Å². The molecule has 0 bridgehead atoms. The number of likely N-dealkylation sites (tertiary alicyclic amines) is 1. The highest BCUT2D eigenvalue weighted by Gasteiger charge is 2.31.